The number of rotatable bonds is 2. The lowest BCUT2D eigenvalue weighted by atomic mass is 10.1. The van der Waals surface area contributed by atoms with Crippen molar-refractivity contribution in [3.63, 3.8) is 0 Å². The maximum atomic E-state index is 12.9. The molecular formula is C19H19N3O2. The van der Waals surface area contributed by atoms with Crippen molar-refractivity contribution in [2.45, 2.75) is 25.9 Å². The van der Waals surface area contributed by atoms with Gasteiger partial charge in [-0.3, -0.25) is 9.89 Å². The highest BCUT2D eigenvalue weighted by molar-refractivity contribution is 5.83. The molecule has 2 heterocycles. The summed E-state index contributed by atoms with van der Waals surface area (Å²) >= 11 is 0. The highest BCUT2D eigenvalue weighted by Crippen LogP contribution is 2.25. The standard InChI is InChI=1S/C19H19N3O2/c1-13-12-24-18-5-3-2-4-16(18)11-22(13)19(23)9-14-6-7-15-10-20-21-17(15)8-14/h2-8,10,13H,9,11-12H2,1H3,(H,20,21)/t13-/m1/s1. The molecule has 4 rings (SSSR count). The Morgan fingerprint density at radius 3 is 3.12 bits per heavy atom. The summed E-state index contributed by atoms with van der Waals surface area (Å²) in [5.74, 6) is 0.986. The van der Waals surface area contributed by atoms with Crippen molar-refractivity contribution < 1.29 is 9.53 Å². The van der Waals surface area contributed by atoms with Crippen molar-refractivity contribution >= 4 is 16.8 Å². The number of hydrogen-bond donors (Lipinski definition) is 1. The number of aromatic nitrogens is 2. The van der Waals surface area contributed by atoms with Crippen molar-refractivity contribution in [1.29, 1.82) is 0 Å². The second kappa shape index (κ2) is 6.00. The van der Waals surface area contributed by atoms with Gasteiger partial charge in [0.05, 0.1) is 24.2 Å². The Labute approximate surface area is 140 Å². The summed E-state index contributed by atoms with van der Waals surface area (Å²) in [6.07, 6.45) is 2.16. The number of hydrogen-bond acceptors (Lipinski definition) is 3. The number of nitrogens with zero attached hydrogens (tertiary/aromatic N) is 2. The van der Waals surface area contributed by atoms with Crippen LogP contribution in [0.4, 0.5) is 0 Å². The Balaban J connectivity index is 1.56. The highest BCUT2D eigenvalue weighted by Gasteiger charge is 2.25. The van der Waals surface area contributed by atoms with E-state index in [0.717, 1.165) is 27.8 Å². The average Bonchev–Trinajstić information content (AvgIpc) is 2.98. The molecule has 5 heteroatoms. The minimum Gasteiger partial charge on any atom is -0.491 e. The van der Waals surface area contributed by atoms with Gasteiger partial charge in [-0.05, 0) is 24.6 Å². The number of benzene rings is 2. The molecule has 1 aliphatic heterocycles. The Morgan fingerprint density at radius 1 is 1.33 bits per heavy atom. The molecule has 3 aromatic rings. The van der Waals surface area contributed by atoms with E-state index in [1.807, 2.05) is 54.3 Å². The molecule has 1 amide bonds. The number of aromatic amines is 1. The van der Waals surface area contributed by atoms with Gasteiger partial charge < -0.3 is 9.64 Å². The zero-order valence-corrected chi connectivity index (χ0v) is 13.5. The molecular weight excluding hydrogens is 302 g/mol. The van der Waals surface area contributed by atoms with E-state index in [4.69, 9.17) is 4.74 Å². The highest BCUT2D eigenvalue weighted by atomic mass is 16.5. The van der Waals surface area contributed by atoms with Crippen LogP contribution < -0.4 is 4.74 Å². The first kappa shape index (κ1) is 14.8. The molecule has 0 unspecified atom stereocenters. The number of ether oxygens (including phenoxy) is 1. The minimum absolute atomic E-state index is 0.0424. The third-order valence-electron chi connectivity index (χ3n) is 4.51. The van der Waals surface area contributed by atoms with E-state index in [2.05, 4.69) is 10.2 Å². The molecule has 0 saturated carbocycles. The first-order valence-electron chi connectivity index (χ1n) is 8.13. The van der Waals surface area contributed by atoms with Gasteiger partial charge in [0, 0.05) is 17.5 Å². The lowest BCUT2D eigenvalue weighted by molar-refractivity contribution is -0.133. The van der Waals surface area contributed by atoms with E-state index in [1.165, 1.54) is 0 Å². The monoisotopic (exact) mass is 321 g/mol. The van der Waals surface area contributed by atoms with Crippen molar-refractivity contribution in [3.05, 3.63) is 59.8 Å². The smallest absolute Gasteiger partial charge is 0.227 e. The fourth-order valence-corrected chi connectivity index (χ4v) is 3.12. The molecule has 1 aromatic heterocycles. The maximum absolute atomic E-state index is 12.9. The van der Waals surface area contributed by atoms with Gasteiger partial charge in [-0.1, -0.05) is 30.3 Å². The molecule has 1 N–H and O–H groups in total. The summed E-state index contributed by atoms with van der Waals surface area (Å²) in [6, 6.07) is 13.9. The van der Waals surface area contributed by atoms with E-state index in [1.54, 1.807) is 6.20 Å². The van der Waals surface area contributed by atoms with Gasteiger partial charge in [-0.2, -0.15) is 5.10 Å². The van der Waals surface area contributed by atoms with Crippen LogP contribution in [0.1, 0.15) is 18.1 Å². The summed E-state index contributed by atoms with van der Waals surface area (Å²) in [5, 5.41) is 8.03. The van der Waals surface area contributed by atoms with E-state index in [-0.39, 0.29) is 11.9 Å². The van der Waals surface area contributed by atoms with Crippen molar-refractivity contribution in [2.24, 2.45) is 0 Å². The normalized spacial score (nSPS) is 17.2. The van der Waals surface area contributed by atoms with Crippen molar-refractivity contribution in [1.82, 2.24) is 15.1 Å². The Hall–Kier alpha value is -2.82. The summed E-state index contributed by atoms with van der Waals surface area (Å²) in [5.41, 5.74) is 3.00. The first-order valence-corrected chi connectivity index (χ1v) is 8.13. The molecule has 1 aliphatic rings. The van der Waals surface area contributed by atoms with Crippen LogP contribution in [-0.4, -0.2) is 33.7 Å². The van der Waals surface area contributed by atoms with Crippen LogP contribution in [0.25, 0.3) is 10.9 Å². The van der Waals surface area contributed by atoms with Gasteiger partial charge in [0.25, 0.3) is 0 Å². The van der Waals surface area contributed by atoms with E-state index in [0.29, 0.717) is 19.6 Å². The number of para-hydroxylation sites is 1. The zero-order chi connectivity index (χ0) is 16.5. The largest absolute Gasteiger partial charge is 0.491 e. The minimum atomic E-state index is 0.0424. The quantitative estimate of drug-likeness (QED) is 0.789. The van der Waals surface area contributed by atoms with Crippen molar-refractivity contribution in [3.8, 4) is 5.75 Å². The molecule has 122 valence electrons. The summed E-state index contributed by atoms with van der Waals surface area (Å²) in [6.45, 7) is 3.13. The average molecular weight is 321 g/mol. The number of nitrogens with one attached hydrogen (secondary N) is 1. The van der Waals surface area contributed by atoms with Crippen LogP contribution in [0.5, 0.6) is 5.75 Å². The van der Waals surface area contributed by atoms with Crippen LogP contribution in [0, 0.1) is 0 Å². The molecule has 0 spiro atoms. The van der Waals surface area contributed by atoms with E-state index < -0.39 is 0 Å². The SMILES string of the molecule is C[C@@H]1COc2ccccc2CN1C(=O)Cc1ccc2cn[nH]c2c1. The second-order valence-corrected chi connectivity index (χ2v) is 6.26. The third-order valence-corrected chi connectivity index (χ3v) is 4.51. The van der Waals surface area contributed by atoms with Gasteiger partial charge in [0.1, 0.15) is 12.4 Å². The topological polar surface area (TPSA) is 58.2 Å². The van der Waals surface area contributed by atoms with Crippen LogP contribution in [-0.2, 0) is 17.8 Å². The van der Waals surface area contributed by atoms with Gasteiger partial charge in [-0.25, -0.2) is 0 Å². The van der Waals surface area contributed by atoms with Gasteiger partial charge >= 0.3 is 0 Å². The Kier molecular flexibility index (Phi) is 3.69. The molecule has 0 saturated heterocycles. The van der Waals surface area contributed by atoms with E-state index in [9.17, 15) is 4.79 Å². The number of carbonyl (C=O) groups excluding carboxylic acids is 1. The summed E-state index contributed by atoms with van der Waals surface area (Å²) in [7, 11) is 0. The van der Waals surface area contributed by atoms with Gasteiger partial charge in [0.2, 0.25) is 5.91 Å². The molecule has 0 aliphatic carbocycles. The predicted molar refractivity (Wildman–Crippen MR) is 91.7 cm³/mol. The fourth-order valence-electron chi connectivity index (χ4n) is 3.12. The zero-order valence-electron chi connectivity index (χ0n) is 13.5. The first-order chi connectivity index (χ1) is 11.7. The lowest BCUT2D eigenvalue weighted by Gasteiger charge is -2.26. The molecule has 24 heavy (non-hydrogen) atoms. The van der Waals surface area contributed by atoms with Gasteiger partial charge in [0.15, 0.2) is 0 Å². The predicted octanol–water partition coefficient (Wildman–Crippen LogP) is 2.92. The fraction of sp³-hybridized carbons (Fsp3) is 0.263. The van der Waals surface area contributed by atoms with Crippen LogP contribution in [0.15, 0.2) is 48.7 Å². The maximum Gasteiger partial charge on any atom is 0.227 e. The molecule has 0 fully saturated rings. The molecule has 0 bridgehead atoms. The molecule has 1 atom stereocenters. The molecule has 0 radical (unpaired) electrons. The number of carbonyl (C=O) groups is 1. The van der Waals surface area contributed by atoms with Gasteiger partial charge in [-0.15, -0.1) is 0 Å². The summed E-state index contributed by atoms with van der Waals surface area (Å²) < 4.78 is 5.83. The Morgan fingerprint density at radius 2 is 2.21 bits per heavy atom. The number of H-pyrrole nitrogens is 1. The third kappa shape index (κ3) is 2.73. The number of amides is 1. The molecule has 5 nitrogen and oxygen atoms in total. The van der Waals surface area contributed by atoms with Crippen LogP contribution in [0.3, 0.4) is 0 Å². The Bertz CT molecular complexity index is 887. The molecule has 2 aromatic carbocycles. The van der Waals surface area contributed by atoms with Crippen LogP contribution in [0.2, 0.25) is 0 Å². The second-order valence-electron chi connectivity index (χ2n) is 6.26. The lowest BCUT2D eigenvalue weighted by Crippen LogP contribution is -2.40. The van der Waals surface area contributed by atoms with E-state index >= 15 is 0 Å². The van der Waals surface area contributed by atoms with Crippen molar-refractivity contribution in [2.75, 3.05) is 6.61 Å². The van der Waals surface area contributed by atoms with Crippen LogP contribution >= 0.6 is 0 Å². The number of fused-ring (bicyclic) bond motifs is 2. The summed E-state index contributed by atoms with van der Waals surface area (Å²) in [4.78, 5) is 14.8.